The lowest BCUT2D eigenvalue weighted by molar-refractivity contribution is 0.151. The number of ether oxygens (including phenoxy) is 1. The molecule has 0 heterocycles. The first-order valence-corrected chi connectivity index (χ1v) is 6.03. The fourth-order valence-corrected chi connectivity index (χ4v) is 1.40. The van der Waals surface area contributed by atoms with E-state index in [9.17, 15) is 0 Å². The van der Waals surface area contributed by atoms with Crippen LogP contribution in [0.5, 0.6) is 0 Å². The van der Waals surface area contributed by atoms with Gasteiger partial charge in [0.05, 0.1) is 13.2 Å². The molecule has 0 rings (SSSR count). The summed E-state index contributed by atoms with van der Waals surface area (Å²) in [6.07, 6.45) is 0. The van der Waals surface area contributed by atoms with Crippen molar-refractivity contribution in [3.8, 4) is 0 Å². The van der Waals surface area contributed by atoms with E-state index in [1.54, 1.807) is 0 Å². The first kappa shape index (κ1) is 12.6. The van der Waals surface area contributed by atoms with E-state index in [1.807, 2.05) is 11.8 Å². The molecule has 74 valence electrons. The van der Waals surface area contributed by atoms with E-state index in [4.69, 9.17) is 16.3 Å². The van der Waals surface area contributed by atoms with Crippen molar-refractivity contribution in [2.24, 2.45) is 0 Å². The van der Waals surface area contributed by atoms with Crippen LogP contribution < -0.4 is 5.32 Å². The highest BCUT2D eigenvalue weighted by Gasteiger charge is 1.88. The van der Waals surface area contributed by atoms with Gasteiger partial charge in [-0.2, -0.15) is 11.8 Å². The average molecular weight is 212 g/mol. The van der Waals surface area contributed by atoms with Gasteiger partial charge in [0.1, 0.15) is 0 Å². The maximum atomic E-state index is 5.43. The molecule has 0 aliphatic heterocycles. The molecule has 2 nitrogen and oxygen atoms in total. The molecule has 0 fully saturated rings. The summed E-state index contributed by atoms with van der Waals surface area (Å²) in [5, 5.41) is 3.29. The number of hydrogen-bond donors (Lipinski definition) is 1. The van der Waals surface area contributed by atoms with Crippen LogP contribution in [-0.4, -0.2) is 43.7 Å². The second-order valence-electron chi connectivity index (χ2n) is 2.25. The van der Waals surface area contributed by atoms with Crippen LogP contribution in [0.3, 0.4) is 0 Å². The third kappa shape index (κ3) is 10.6. The first-order valence-electron chi connectivity index (χ1n) is 4.34. The Morgan fingerprint density at radius 3 is 2.83 bits per heavy atom. The molecular formula is C8H18ClNOS. The Morgan fingerprint density at radius 1 is 1.33 bits per heavy atom. The van der Waals surface area contributed by atoms with Crippen molar-refractivity contribution in [1.82, 2.24) is 5.32 Å². The lowest BCUT2D eigenvalue weighted by atomic mass is 10.6. The van der Waals surface area contributed by atoms with Gasteiger partial charge in [-0.25, -0.2) is 0 Å². The van der Waals surface area contributed by atoms with Gasteiger partial charge in [0.15, 0.2) is 0 Å². The molecule has 0 aliphatic rings. The fraction of sp³-hybridized carbons (Fsp3) is 1.00. The number of halogens is 1. The zero-order chi connectivity index (χ0) is 9.07. The van der Waals surface area contributed by atoms with Gasteiger partial charge in [-0.1, -0.05) is 6.92 Å². The Labute approximate surface area is 84.4 Å². The highest BCUT2D eigenvalue weighted by Crippen LogP contribution is 1.94. The molecule has 0 aromatic carbocycles. The van der Waals surface area contributed by atoms with Crippen LogP contribution in [0.1, 0.15) is 6.92 Å². The van der Waals surface area contributed by atoms with Crippen LogP contribution in [0.25, 0.3) is 0 Å². The predicted octanol–water partition coefficient (Wildman–Crippen LogP) is 1.58. The minimum absolute atomic E-state index is 0.589. The Kier molecular flexibility index (Phi) is 12.1. The van der Waals surface area contributed by atoms with E-state index in [2.05, 4.69) is 12.2 Å². The molecule has 0 spiro atoms. The van der Waals surface area contributed by atoms with Crippen molar-refractivity contribution < 1.29 is 4.74 Å². The zero-order valence-corrected chi connectivity index (χ0v) is 9.22. The SMILES string of the molecule is CCSCCNCCOCCCl. The van der Waals surface area contributed by atoms with Crippen molar-refractivity contribution in [2.45, 2.75) is 6.92 Å². The number of hydrogen-bond acceptors (Lipinski definition) is 3. The molecule has 0 aliphatic carbocycles. The van der Waals surface area contributed by atoms with E-state index in [0.717, 1.165) is 19.7 Å². The van der Waals surface area contributed by atoms with Gasteiger partial charge < -0.3 is 10.1 Å². The molecule has 0 saturated heterocycles. The smallest absolute Gasteiger partial charge is 0.0602 e. The van der Waals surface area contributed by atoms with Crippen molar-refractivity contribution in [3.63, 3.8) is 0 Å². The minimum atomic E-state index is 0.589. The third-order valence-electron chi connectivity index (χ3n) is 1.27. The normalized spacial score (nSPS) is 10.5. The summed E-state index contributed by atoms with van der Waals surface area (Å²) in [5.74, 6) is 2.97. The fourth-order valence-electron chi connectivity index (χ4n) is 0.715. The Hall–Kier alpha value is 0.560. The number of rotatable bonds is 9. The second-order valence-corrected chi connectivity index (χ2v) is 4.02. The van der Waals surface area contributed by atoms with Crippen LogP contribution in [-0.2, 0) is 4.74 Å². The van der Waals surface area contributed by atoms with Gasteiger partial charge in [0.25, 0.3) is 0 Å². The van der Waals surface area contributed by atoms with Gasteiger partial charge in [0.2, 0.25) is 0 Å². The van der Waals surface area contributed by atoms with Crippen molar-refractivity contribution in [2.75, 3.05) is 43.7 Å². The summed E-state index contributed by atoms with van der Waals surface area (Å²) in [7, 11) is 0. The summed E-state index contributed by atoms with van der Waals surface area (Å²) >= 11 is 7.39. The summed E-state index contributed by atoms with van der Waals surface area (Å²) in [4.78, 5) is 0. The molecule has 12 heavy (non-hydrogen) atoms. The maximum absolute atomic E-state index is 5.43. The summed E-state index contributed by atoms with van der Waals surface area (Å²) < 4.78 is 5.19. The lowest BCUT2D eigenvalue weighted by Gasteiger charge is -2.03. The highest BCUT2D eigenvalue weighted by molar-refractivity contribution is 7.99. The molecule has 0 bridgehead atoms. The monoisotopic (exact) mass is 211 g/mol. The molecule has 0 aromatic rings. The second kappa shape index (κ2) is 11.6. The molecule has 0 unspecified atom stereocenters. The van der Waals surface area contributed by atoms with Crippen LogP contribution in [0, 0.1) is 0 Å². The third-order valence-corrected chi connectivity index (χ3v) is 2.33. The predicted molar refractivity (Wildman–Crippen MR) is 57.4 cm³/mol. The van der Waals surface area contributed by atoms with Crippen LogP contribution in [0.4, 0.5) is 0 Å². The Morgan fingerprint density at radius 2 is 2.17 bits per heavy atom. The van der Waals surface area contributed by atoms with E-state index in [-0.39, 0.29) is 0 Å². The van der Waals surface area contributed by atoms with Gasteiger partial charge in [0, 0.05) is 24.7 Å². The first-order chi connectivity index (χ1) is 5.91. The maximum Gasteiger partial charge on any atom is 0.0602 e. The topological polar surface area (TPSA) is 21.3 Å². The van der Waals surface area contributed by atoms with E-state index in [0.29, 0.717) is 12.5 Å². The van der Waals surface area contributed by atoms with E-state index in [1.165, 1.54) is 11.5 Å². The number of nitrogens with one attached hydrogen (secondary N) is 1. The molecule has 1 N–H and O–H groups in total. The van der Waals surface area contributed by atoms with Crippen molar-refractivity contribution >= 4 is 23.4 Å². The van der Waals surface area contributed by atoms with Crippen LogP contribution >= 0.6 is 23.4 Å². The molecule has 0 atom stereocenters. The van der Waals surface area contributed by atoms with E-state index < -0.39 is 0 Å². The molecule has 0 radical (unpaired) electrons. The Balaban J connectivity index is 2.73. The van der Waals surface area contributed by atoms with Gasteiger partial charge >= 0.3 is 0 Å². The summed E-state index contributed by atoms with van der Waals surface area (Å²) in [6, 6.07) is 0. The molecule has 4 heteroatoms. The summed E-state index contributed by atoms with van der Waals surface area (Å²) in [6.45, 7) is 5.61. The molecular weight excluding hydrogens is 194 g/mol. The highest BCUT2D eigenvalue weighted by atomic mass is 35.5. The lowest BCUT2D eigenvalue weighted by Crippen LogP contribution is -2.22. The van der Waals surface area contributed by atoms with Crippen LogP contribution in [0.15, 0.2) is 0 Å². The minimum Gasteiger partial charge on any atom is -0.379 e. The zero-order valence-electron chi connectivity index (χ0n) is 7.64. The molecule has 0 saturated carbocycles. The van der Waals surface area contributed by atoms with Gasteiger partial charge in [-0.3, -0.25) is 0 Å². The Bertz CT molecular complexity index is 75.5. The summed E-state index contributed by atoms with van der Waals surface area (Å²) in [5.41, 5.74) is 0. The van der Waals surface area contributed by atoms with Crippen LogP contribution in [0.2, 0.25) is 0 Å². The average Bonchev–Trinajstić information content (AvgIpc) is 2.10. The standard InChI is InChI=1S/C8H18ClNOS/c1-2-12-8-5-10-4-7-11-6-3-9/h10H,2-8H2,1H3. The molecule has 0 amide bonds. The number of alkyl halides is 1. The number of thioether (sulfide) groups is 1. The van der Waals surface area contributed by atoms with Crippen molar-refractivity contribution in [3.05, 3.63) is 0 Å². The molecule has 0 aromatic heterocycles. The van der Waals surface area contributed by atoms with Gasteiger partial charge in [-0.05, 0) is 5.75 Å². The van der Waals surface area contributed by atoms with Crippen molar-refractivity contribution in [1.29, 1.82) is 0 Å². The van der Waals surface area contributed by atoms with E-state index >= 15 is 0 Å². The quantitative estimate of drug-likeness (QED) is 0.462. The van der Waals surface area contributed by atoms with Gasteiger partial charge in [-0.15, -0.1) is 11.6 Å². The largest absolute Gasteiger partial charge is 0.379 e.